The van der Waals surface area contributed by atoms with Crippen molar-refractivity contribution in [2.45, 2.75) is 150 Å². The number of hydrogen-bond donors (Lipinski definition) is 12. The van der Waals surface area contributed by atoms with E-state index in [4.69, 9.17) is 4.74 Å². The van der Waals surface area contributed by atoms with E-state index in [-0.39, 0.29) is 62.6 Å². The summed E-state index contributed by atoms with van der Waals surface area (Å²) in [7, 11) is 4.69. The zero-order chi connectivity index (χ0) is 63.8. The second kappa shape index (κ2) is 38.3. The molecule has 1 aromatic rings. The number of aliphatic imine (C=N–C) groups is 1. The molecule has 0 aromatic heterocycles. The van der Waals surface area contributed by atoms with Crippen molar-refractivity contribution in [2.75, 3.05) is 52.6 Å². The van der Waals surface area contributed by atoms with E-state index in [2.05, 4.69) is 58.2 Å². The highest BCUT2D eigenvalue weighted by Crippen LogP contribution is 2.25. The van der Waals surface area contributed by atoms with Crippen molar-refractivity contribution in [2.24, 2.45) is 28.7 Å². The maximum absolute atomic E-state index is 13.3. The Balaban J connectivity index is 2.80. The number of carbonyl (C=O) groups excluding carboxylic acids is 11. The Morgan fingerprint density at radius 3 is 1.80 bits per heavy atom. The van der Waals surface area contributed by atoms with Gasteiger partial charge in [-0.15, -0.1) is 0 Å². The van der Waals surface area contributed by atoms with Crippen LogP contribution in [0.5, 0.6) is 0 Å². The zero-order valence-electron chi connectivity index (χ0n) is 50.3. The molecule has 0 bridgehead atoms. The Morgan fingerprint density at radius 1 is 0.679 bits per heavy atom. The Labute approximate surface area is 490 Å². The fraction of sp³-hybridized carbons (Fsp3) is 0.607. The quantitative estimate of drug-likeness (QED) is 0.0246. The van der Waals surface area contributed by atoms with E-state index >= 15 is 0 Å². The average Bonchev–Trinajstić information content (AvgIpc) is 3.50. The number of unbranched alkanes of at least 4 members (excludes halogenated alkanes) is 1. The van der Waals surface area contributed by atoms with Crippen LogP contribution in [0.2, 0.25) is 0 Å². The predicted octanol–water partition coefficient (Wildman–Crippen LogP) is 0.643. The van der Waals surface area contributed by atoms with Gasteiger partial charge in [0.25, 0.3) is 0 Å². The third-order valence-corrected chi connectivity index (χ3v) is 12.9. The van der Waals surface area contributed by atoms with Crippen molar-refractivity contribution in [3.63, 3.8) is 0 Å². The monoisotopic (exact) mass is 1180 g/mol. The van der Waals surface area contributed by atoms with Crippen molar-refractivity contribution in [3.8, 4) is 0 Å². The summed E-state index contributed by atoms with van der Waals surface area (Å²) in [5.41, 5.74) is 2.69. The van der Waals surface area contributed by atoms with Crippen LogP contribution in [0.4, 0.5) is 10.5 Å². The number of amides is 10. The first-order valence-corrected chi connectivity index (χ1v) is 27.8. The minimum Gasteiger partial charge on any atom is -0.481 e. The summed E-state index contributed by atoms with van der Waals surface area (Å²) in [6.07, 6.45) is 0.521. The summed E-state index contributed by atoms with van der Waals surface area (Å²) in [6, 6.07) is 0.137. The summed E-state index contributed by atoms with van der Waals surface area (Å²) in [4.78, 5) is 169. The number of nitrogens with one attached hydrogen (secondary N) is 10. The number of aliphatic carboxylic acids is 2. The van der Waals surface area contributed by atoms with Gasteiger partial charge in [0.1, 0.15) is 43.1 Å². The van der Waals surface area contributed by atoms with Gasteiger partial charge in [-0.2, -0.15) is 0 Å². The smallest absolute Gasteiger partial charge is 0.410 e. The third-order valence-electron chi connectivity index (χ3n) is 12.9. The Morgan fingerprint density at radius 2 is 1.29 bits per heavy atom. The molecule has 1 aromatic carbocycles. The lowest BCUT2D eigenvalue weighted by molar-refractivity contribution is -0.141. The molecule has 0 aliphatic rings. The third kappa shape index (κ3) is 27.5. The van der Waals surface area contributed by atoms with Crippen LogP contribution in [0, 0.1) is 23.7 Å². The van der Waals surface area contributed by atoms with Crippen molar-refractivity contribution in [1.29, 1.82) is 0 Å². The van der Waals surface area contributed by atoms with Crippen LogP contribution in [-0.2, 0) is 68.9 Å². The number of carbonyl (C=O) groups is 13. The average molecular weight is 1190 g/mol. The molecule has 0 aliphatic carbocycles. The summed E-state index contributed by atoms with van der Waals surface area (Å²) in [5, 5.41) is 44.5. The molecule has 0 heterocycles. The molecule has 0 aliphatic heterocycles. The van der Waals surface area contributed by atoms with E-state index in [9.17, 15) is 72.5 Å². The number of benzene rings is 1. The molecule has 84 heavy (non-hydrogen) atoms. The summed E-state index contributed by atoms with van der Waals surface area (Å²) in [5.74, 6) is -9.93. The van der Waals surface area contributed by atoms with Crippen molar-refractivity contribution in [3.05, 3.63) is 41.1 Å². The second-order valence-corrected chi connectivity index (χ2v) is 21.0. The van der Waals surface area contributed by atoms with Crippen LogP contribution in [0.25, 0.3) is 0 Å². The molecule has 468 valence electrons. The molecule has 0 radical (unpaired) electrons. The fourth-order valence-electron chi connectivity index (χ4n) is 8.61. The maximum Gasteiger partial charge on any atom is 0.410 e. The standard InChI is InChI=1S/C56H88N12O16/c1-13-37(49(58-11)39(26-46(74)75)41(57-10)24-31(2)3)25-43(71)59-21-15-14-16-40(64-35(9)70)52(79)61-28-44(72)66-42(27-47(76)77)53(80)62-29-45(73)67-48(32(4)5)54(81)63-34(8)51(78)65-38-19-17-36(18-20-38)30-84-56(83)68(12)50(33(6)7)55(82)60-22-23-69/h17-20,23,31-34,37,40,42,48,50,58H,13-16,21-22,24-30H2,1-12H3,(H,59,71)(H,60,82)(H,61,79)(H,62,80)(H,63,81)(H,64,70)(H,65,78)(H,66,72)(H,67,73)(H,74,75)(H,76,77)/b49-39-,57-41+/t34-,37+,40-,42-,48-,50-/m0/s1. The number of likely N-dealkylation sites (N-methyl/N-ethyl adjacent to an activating group) is 1. The SMILES string of the molecule is CC[C@H](CC(=O)NCCCC[C@H](NC(C)=O)C(=O)NCC(=O)N[C@@H](CC(=O)O)C(=O)NCC(=O)N[C@H](C(=O)N[C@@H](C)C(=O)Nc1ccc(COC(=O)N(C)[C@H](C(=O)NCC=O)C(C)C)cc1)C(C)C)/C(NC)=C(CC(=O)O)/C(CC(C)C)=N/C. The van der Waals surface area contributed by atoms with Crippen LogP contribution in [0.3, 0.4) is 0 Å². The van der Waals surface area contributed by atoms with Crippen LogP contribution < -0.4 is 53.2 Å². The van der Waals surface area contributed by atoms with E-state index in [1.807, 2.05) is 20.8 Å². The Bertz CT molecular complexity index is 2520. The maximum atomic E-state index is 13.3. The predicted molar refractivity (Wildman–Crippen MR) is 309 cm³/mol. The molecule has 10 amide bonds. The minimum atomic E-state index is -1.72. The summed E-state index contributed by atoms with van der Waals surface area (Å²) in [6.45, 7) is 13.5. The number of carboxylic acids is 2. The van der Waals surface area contributed by atoms with Crippen molar-refractivity contribution < 1.29 is 77.3 Å². The van der Waals surface area contributed by atoms with E-state index in [1.165, 1.54) is 33.0 Å². The Kier molecular flexibility index (Phi) is 33.6. The molecule has 6 atom stereocenters. The first kappa shape index (κ1) is 73.6. The molecule has 0 saturated carbocycles. The lowest BCUT2D eigenvalue weighted by atomic mass is 9.88. The van der Waals surface area contributed by atoms with Gasteiger partial charge in [0.15, 0.2) is 0 Å². The van der Waals surface area contributed by atoms with Crippen LogP contribution in [0.15, 0.2) is 40.5 Å². The van der Waals surface area contributed by atoms with Gasteiger partial charge >= 0.3 is 18.0 Å². The molecule has 28 nitrogen and oxygen atoms in total. The van der Waals surface area contributed by atoms with Gasteiger partial charge in [0.05, 0.1) is 32.5 Å². The highest BCUT2D eigenvalue weighted by atomic mass is 16.6. The lowest BCUT2D eigenvalue weighted by Crippen LogP contribution is -2.56. The van der Waals surface area contributed by atoms with Gasteiger partial charge in [-0.3, -0.25) is 62.6 Å². The zero-order valence-corrected chi connectivity index (χ0v) is 50.3. The fourth-order valence-corrected chi connectivity index (χ4v) is 8.61. The molecule has 12 N–H and O–H groups in total. The first-order chi connectivity index (χ1) is 39.5. The Hall–Kier alpha value is -8.46. The van der Waals surface area contributed by atoms with Crippen molar-refractivity contribution >= 4 is 88.9 Å². The number of anilines is 1. The molecule has 1 rings (SSSR count). The highest BCUT2D eigenvalue weighted by molar-refractivity contribution is 6.04. The van der Waals surface area contributed by atoms with E-state index in [0.29, 0.717) is 60.2 Å². The molecule has 0 fully saturated rings. The number of hydrogen-bond acceptors (Lipinski definition) is 16. The van der Waals surface area contributed by atoms with Crippen LogP contribution in [0.1, 0.15) is 119 Å². The normalized spacial score (nSPS) is 13.7. The summed E-state index contributed by atoms with van der Waals surface area (Å²) >= 11 is 0. The molecular weight excluding hydrogens is 1100 g/mol. The number of nitrogens with zero attached hydrogens (tertiary/aromatic N) is 2. The highest BCUT2D eigenvalue weighted by Gasteiger charge is 2.32. The minimum absolute atomic E-state index is 0.0617. The number of allylic oxidation sites excluding steroid dienone is 1. The van der Waals surface area contributed by atoms with Gasteiger partial charge < -0.3 is 72.9 Å². The first-order valence-electron chi connectivity index (χ1n) is 27.8. The molecule has 0 saturated heterocycles. The van der Waals surface area contributed by atoms with Crippen molar-refractivity contribution in [1.82, 2.24) is 52.8 Å². The summed E-state index contributed by atoms with van der Waals surface area (Å²) < 4.78 is 5.36. The van der Waals surface area contributed by atoms with Gasteiger partial charge in [-0.1, -0.05) is 60.6 Å². The molecule has 28 heteroatoms. The lowest BCUT2D eigenvalue weighted by Gasteiger charge is -2.29. The second-order valence-electron chi connectivity index (χ2n) is 21.0. The number of aldehydes is 1. The largest absolute Gasteiger partial charge is 0.481 e. The number of rotatable bonds is 38. The van der Waals surface area contributed by atoms with Gasteiger partial charge in [0, 0.05) is 69.6 Å². The van der Waals surface area contributed by atoms with E-state index < -0.39 is 121 Å². The van der Waals surface area contributed by atoms with E-state index in [1.54, 1.807) is 53.9 Å². The molecular formula is C56H88N12O16. The number of ether oxygens (including phenoxy) is 1. The van der Waals surface area contributed by atoms with Gasteiger partial charge in [-0.05, 0) is 74.5 Å². The number of carboxylic acid groups (broad SMARTS) is 2. The van der Waals surface area contributed by atoms with E-state index in [0.717, 1.165) is 4.90 Å². The molecule has 0 spiro atoms. The topological polar surface area (TPSA) is 407 Å². The van der Waals surface area contributed by atoms with Crippen LogP contribution in [-0.4, -0.2) is 176 Å². The molecule has 0 unspecified atom stereocenters. The van der Waals surface area contributed by atoms with Crippen LogP contribution >= 0.6 is 0 Å². The van der Waals surface area contributed by atoms with Gasteiger partial charge in [-0.25, -0.2) is 4.79 Å². The van der Waals surface area contributed by atoms with Gasteiger partial charge in [0.2, 0.25) is 53.2 Å².